The number of ether oxygens (including phenoxy) is 3. The van der Waals surface area contributed by atoms with Crippen LogP contribution in [0.4, 0.5) is 0 Å². The van der Waals surface area contributed by atoms with Gasteiger partial charge < -0.3 is 14.2 Å². The van der Waals surface area contributed by atoms with Gasteiger partial charge in [-0.1, -0.05) is 44.0 Å². The minimum Gasteiger partial charge on any atom is -0.496 e. The van der Waals surface area contributed by atoms with Crippen molar-refractivity contribution in [3.05, 3.63) is 122 Å². The SMILES string of the molecule is COc1ccccc1C(=O)NN=Cc1ccc(OC(=O)c2ccc(Br)cc2)c(OC(=O)c2ccc(Br)cc2)c1. The lowest BCUT2D eigenvalue weighted by atomic mass is 10.2. The Morgan fingerprint density at radius 3 is 1.87 bits per heavy atom. The van der Waals surface area contributed by atoms with Crippen LogP contribution >= 0.6 is 31.9 Å². The summed E-state index contributed by atoms with van der Waals surface area (Å²) < 4.78 is 17.9. The molecule has 8 nitrogen and oxygen atoms in total. The van der Waals surface area contributed by atoms with Gasteiger partial charge in [0.25, 0.3) is 5.91 Å². The van der Waals surface area contributed by atoms with E-state index in [1.807, 2.05) is 0 Å². The molecule has 0 unspecified atom stereocenters. The van der Waals surface area contributed by atoms with Gasteiger partial charge in [-0.15, -0.1) is 0 Å². The van der Waals surface area contributed by atoms with E-state index in [9.17, 15) is 14.4 Å². The van der Waals surface area contributed by atoms with Crippen LogP contribution in [0.2, 0.25) is 0 Å². The first-order valence-electron chi connectivity index (χ1n) is 11.4. The van der Waals surface area contributed by atoms with Gasteiger partial charge in [-0.3, -0.25) is 4.79 Å². The van der Waals surface area contributed by atoms with Crippen LogP contribution in [-0.4, -0.2) is 31.2 Å². The van der Waals surface area contributed by atoms with E-state index in [1.54, 1.807) is 78.9 Å². The van der Waals surface area contributed by atoms with Crippen molar-refractivity contribution < 1.29 is 28.6 Å². The van der Waals surface area contributed by atoms with Crippen molar-refractivity contribution in [1.82, 2.24) is 5.43 Å². The zero-order chi connectivity index (χ0) is 27.8. The quantitative estimate of drug-likeness (QED) is 0.102. The average molecular weight is 652 g/mol. The Kier molecular flexibility index (Phi) is 9.24. The van der Waals surface area contributed by atoms with Crippen molar-refractivity contribution in [3.8, 4) is 17.2 Å². The highest BCUT2D eigenvalue weighted by atomic mass is 79.9. The Hall–Kier alpha value is -4.28. The highest BCUT2D eigenvalue weighted by molar-refractivity contribution is 9.10. The van der Waals surface area contributed by atoms with Crippen molar-refractivity contribution >= 4 is 55.9 Å². The molecule has 0 spiro atoms. The summed E-state index contributed by atoms with van der Waals surface area (Å²) >= 11 is 6.66. The van der Waals surface area contributed by atoms with Gasteiger partial charge in [0.1, 0.15) is 5.75 Å². The number of carbonyl (C=O) groups excluding carboxylic acids is 3. The first-order valence-corrected chi connectivity index (χ1v) is 13.0. The van der Waals surface area contributed by atoms with Crippen LogP contribution in [0.3, 0.4) is 0 Å². The third-order valence-electron chi connectivity index (χ3n) is 5.26. The molecule has 196 valence electrons. The fraction of sp³-hybridized carbons (Fsp3) is 0.0345. The number of nitrogens with zero attached hydrogens (tertiary/aromatic N) is 1. The lowest BCUT2D eigenvalue weighted by molar-refractivity contribution is 0.0682. The molecule has 0 aliphatic rings. The molecule has 0 aromatic heterocycles. The smallest absolute Gasteiger partial charge is 0.343 e. The third kappa shape index (κ3) is 7.40. The molecule has 4 aromatic rings. The molecule has 0 atom stereocenters. The Balaban J connectivity index is 1.56. The van der Waals surface area contributed by atoms with Crippen LogP contribution in [0.25, 0.3) is 0 Å². The number of hydrogen-bond donors (Lipinski definition) is 1. The molecule has 0 saturated carbocycles. The lowest BCUT2D eigenvalue weighted by Gasteiger charge is -2.12. The fourth-order valence-corrected chi connectivity index (χ4v) is 3.85. The van der Waals surface area contributed by atoms with Gasteiger partial charge in [-0.25, -0.2) is 15.0 Å². The summed E-state index contributed by atoms with van der Waals surface area (Å²) in [5.41, 5.74) is 3.83. The van der Waals surface area contributed by atoms with Gasteiger partial charge in [-0.2, -0.15) is 5.10 Å². The number of para-hydroxylation sites is 1. The third-order valence-corrected chi connectivity index (χ3v) is 6.32. The van der Waals surface area contributed by atoms with Crippen molar-refractivity contribution in [2.75, 3.05) is 7.11 Å². The lowest BCUT2D eigenvalue weighted by Crippen LogP contribution is -2.18. The molecule has 1 N–H and O–H groups in total. The van der Waals surface area contributed by atoms with Crippen LogP contribution < -0.4 is 19.6 Å². The summed E-state index contributed by atoms with van der Waals surface area (Å²) in [7, 11) is 1.47. The average Bonchev–Trinajstić information content (AvgIpc) is 2.94. The molecular weight excluding hydrogens is 632 g/mol. The number of amides is 1. The topological polar surface area (TPSA) is 103 Å². The summed E-state index contributed by atoms with van der Waals surface area (Å²) in [6, 6.07) is 24.5. The maximum Gasteiger partial charge on any atom is 0.343 e. The highest BCUT2D eigenvalue weighted by Gasteiger charge is 2.17. The monoisotopic (exact) mass is 650 g/mol. The van der Waals surface area contributed by atoms with Gasteiger partial charge in [-0.05, 0) is 84.4 Å². The molecule has 39 heavy (non-hydrogen) atoms. The number of methoxy groups -OCH3 is 1. The number of nitrogens with one attached hydrogen (secondary N) is 1. The van der Waals surface area contributed by atoms with Gasteiger partial charge in [0, 0.05) is 8.95 Å². The van der Waals surface area contributed by atoms with Crippen LogP contribution in [0.1, 0.15) is 36.6 Å². The number of esters is 2. The summed E-state index contributed by atoms with van der Waals surface area (Å²) in [5, 5.41) is 3.99. The van der Waals surface area contributed by atoms with Crippen LogP contribution in [0, 0.1) is 0 Å². The summed E-state index contributed by atoms with van der Waals surface area (Å²) in [4.78, 5) is 38.0. The molecule has 0 bridgehead atoms. The predicted molar refractivity (Wildman–Crippen MR) is 153 cm³/mol. The maximum atomic E-state index is 12.8. The molecular formula is C29H20Br2N2O6. The fourth-order valence-electron chi connectivity index (χ4n) is 3.32. The van der Waals surface area contributed by atoms with E-state index in [1.165, 1.54) is 25.5 Å². The van der Waals surface area contributed by atoms with Gasteiger partial charge in [0.05, 0.1) is 30.0 Å². The first-order chi connectivity index (χ1) is 18.8. The minimum atomic E-state index is -0.651. The molecule has 0 heterocycles. The normalized spacial score (nSPS) is 10.6. The Bertz CT molecular complexity index is 1540. The largest absolute Gasteiger partial charge is 0.496 e. The first kappa shape index (κ1) is 27.7. The van der Waals surface area contributed by atoms with E-state index >= 15 is 0 Å². The second kappa shape index (κ2) is 13.0. The maximum absolute atomic E-state index is 12.8. The molecule has 0 radical (unpaired) electrons. The molecule has 0 aliphatic heterocycles. The molecule has 10 heteroatoms. The van der Waals surface area contributed by atoms with E-state index in [0.717, 1.165) is 8.95 Å². The van der Waals surface area contributed by atoms with E-state index in [-0.39, 0.29) is 11.5 Å². The summed E-state index contributed by atoms with van der Waals surface area (Å²) in [5.74, 6) is -1.32. The second-order valence-electron chi connectivity index (χ2n) is 7.90. The van der Waals surface area contributed by atoms with Crippen LogP contribution in [0.5, 0.6) is 17.2 Å². The Morgan fingerprint density at radius 2 is 1.28 bits per heavy atom. The van der Waals surface area contributed by atoms with Gasteiger partial charge in [0.15, 0.2) is 11.5 Å². The van der Waals surface area contributed by atoms with Crippen molar-refractivity contribution in [2.45, 2.75) is 0 Å². The summed E-state index contributed by atoms with van der Waals surface area (Å²) in [6.07, 6.45) is 1.37. The van der Waals surface area contributed by atoms with Crippen LogP contribution in [0.15, 0.2) is 105 Å². The van der Waals surface area contributed by atoms with Crippen molar-refractivity contribution in [1.29, 1.82) is 0 Å². The molecule has 1 amide bonds. The number of hydrazone groups is 1. The van der Waals surface area contributed by atoms with Crippen LogP contribution in [-0.2, 0) is 0 Å². The summed E-state index contributed by atoms with van der Waals surface area (Å²) in [6.45, 7) is 0. The number of halogens is 2. The van der Waals surface area contributed by atoms with E-state index < -0.39 is 17.8 Å². The van der Waals surface area contributed by atoms with Gasteiger partial charge in [0.2, 0.25) is 0 Å². The van der Waals surface area contributed by atoms with E-state index in [4.69, 9.17) is 14.2 Å². The Morgan fingerprint density at radius 1 is 0.718 bits per heavy atom. The zero-order valence-corrected chi connectivity index (χ0v) is 23.6. The molecule has 0 fully saturated rings. The molecule has 4 rings (SSSR count). The van der Waals surface area contributed by atoms with Crippen molar-refractivity contribution in [2.24, 2.45) is 5.10 Å². The molecule has 0 aliphatic carbocycles. The predicted octanol–water partition coefficient (Wildman–Crippen LogP) is 6.42. The van der Waals surface area contributed by atoms with Crippen molar-refractivity contribution in [3.63, 3.8) is 0 Å². The number of carbonyl (C=O) groups is 3. The van der Waals surface area contributed by atoms with E-state index in [2.05, 4.69) is 42.4 Å². The highest BCUT2D eigenvalue weighted by Crippen LogP contribution is 2.30. The number of benzene rings is 4. The van der Waals surface area contributed by atoms with Gasteiger partial charge >= 0.3 is 11.9 Å². The minimum absolute atomic E-state index is 0.00612. The number of rotatable bonds is 8. The molecule has 4 aromatic carbocycles. The zero-order valence-electron chi connectivity index (χ0n) is 20.4. The van der Waals surface area contributed by atoms with E-state index in [0.29, 0.717) is 28.0 Å². The standard InChI is InChI=1S/C29H20Br2N2O6/c1-37-24-5-3-2-4-23(24)27(34)33-32-17-18-6-15-25(38-28(35)19-7-11-21(30)12-8-19)26(16-18)39-29(36)20-9-13-22(31)14-10-20/h2-17H,1H3,(H,33,34). The number of hydrogen-bond acceptors (Lipinski definition) is 7. The Labute approximate surface area is 240 Å². The second-order valence-corrected chi connectivity index (χ2v) is 9.73. The molecule has 0 saturated heterocycles.